The second kappa shape index (κ2) is 7.29. The van der Waals surface area contributed by atoms with Gasteiger partial charge in [-0.05, 0) is 18.4 Å². The van der Waals surface area contributed by atoms with Crippen molar-refractivity contribution in [2.24, 2.45) is 0 Å². The van der Waals surface area contributed by atoms with Gasteiger partial charge in [0.15, 0.2) is 0 Å². The molecule has 4 nitrogen and oxygen atoms in total. The molecule has 0 saturated heterocycles. The largest absolute Gasteiger partial charge is 0.350 e. The highest BCUT2D eigenvalue weighted by atomic mass is 35.5. The van der Waals surface area contributed by atoms with E-state index in [9.17, 15) is 9.59 Å². The fourth-order valence-electron chi connectivity index (χ4n) is 1.29. The van der Waals surface area contributed by atoms with E-state index in [0.717, 1.165) is 4.88 Å². The molecule has 1 aromatic rings. The minimum absolute atomic E-state index is 0.0629. The molecule has 1 heterocycles. The van der Waals surface area contributed by atoms with Crippen LogP contribution < -0.4 is 5.32 Å². The molecule has 17 heavy (non-hydrogen) atoms. The van der Waals surface area contributed by atoms with E-state index < -0.39 is 0 Å². The third-order valence-electron chi connectivity index (χ3n) is 2.22. The van der Waals surface area contributed by atoms with Crippen molar-refractivity contribution in [1.82, 2.24) is 10.2 Å². The van der Waals surface area contributed by atoms with E-state index in [1.54, 1.807) is 11.3 Å². The van der Waals surface area contributed by atoms with Gasteiger partial charge in [-0.3, -0.25) is 9.59 Å². The SMILES string of the molecule is CCN(CC(=O)NCc1cccs1)C(=O)CCl. The molecule has 2 amide bonds. The Morgan fingerprint density at radius 2 is 2.29 bits per heavy atom. The number of likely N-dealkylation sites (N-methyl/N-ethyl adjacent to an activating group) is 1. The normalized spacial score (nSPS) is 10.0. The number of carbonyl (C=O) groups excluding carboxylic acids is 2. The first-order chi connectivity index (χ1) is 8.17. The number of rotatable bonds is 6. The molecule has 0 saturated carbocycles. The van der Waals surface area contributed by atoms with Crippen LogP contribution in [0.5, 0.6) is 0 Å². The van der Waals surface area contributed by atoms with Crippen molar-refractivity contribution in [1.29, 1.82) is 0 Å². The predicted octanol–water partition coefficient (Wildman–Crippen LogP) is 1.45. The van der Waals surface area contributed by atoms with Gasteiger partial charge >= 0.3 is 0 Å². The maximum Gasteiger partial charge on any atom is 0.239 e. The molecular weight excluding hydrogens is 260 g/mol. The number of hydrogen-bond donors (Lipinski definition) is 1. The topological polar surface area (TPSA) is 49.4 Å². The molecular formula is C11H15ClN2O2S. The van der Waals surface area contributed by atoms with E-state index in [4.69, 9.17) is 11.6 Å². The van der Waals surface area contributed by atoms with Gasteiger partial charge in [0, 0.05) is 11.4 Å². The van der Waals surface area contributed by atoms with Crippen LogP contribution in [0, 0.1) is 0 Å². The summed E-state index contributed by atoms with van der Waals surface area (Å²) < 4.78 is 0. The summed E-state index contributed by atoms with van der Waals surface area (Å²) in [5.41, 5.74) is 0. The first-order valence-corrected chi connectivity index (χ1v) is 6.71. The number of nitrogens with one attached hydrogen (secondary N) is 1. The molecule has 0 bridgehead atoms. The van der Waals surface area contributed by atoms with Gasteiger partial charge in [0.2, 0.25) is 11.8 Å². The highest BCUT2D eigenvalue weighted by Crippen LogP contribution is 2.07. The molecule has 0 aromatic carbocycles. The van der Waals surface area contributed by atoms with Gasteiger partial charge in [-0.15, -0.1) is 22.9 Å². The summed E-state index contributed by atoms with van der Waals surface area (Å²) in [6, 6.07) is 3.88. The first-order valence-electron chi connectivity index (χ1n) is 5.30. The second-order valence-corrected chi connectivity index (χ2v) is 4.70. The van der Waals surface area contributed by atoms with Gasteiger partial charge in [0.05, 0.1) is 13.1 Å². The average molecular weight is 275 g/mol. The lowest BCUT2D eigenvalue weighted by Gasteiger charge is -2.18. The predicted molar refractivity (Wildman–Crippen MR) is 69.1 cm³/mol. The Hall–Kier alpha value is -1.07. The Balaban J connectivity index is 2.35. The number of hydrogen-bond acceptors (Lipinski definition) is 3. The average Bonchev–Trinajstić information content (AvgIpc) is 2.85. The summed E-state index contributed by atoms with van der Waals surface area (Å²) in [4.78, 5) is 25.4. The molecule has 6 heteroatoms. The molecule has 0 radical (unpaired) electrons. The number of thiophene rings is 1. The molecule has 0 spiro atoms. The Morgan fingerprint density at radius 3 is 2.82 bits per heavy atom. The third kappa shape index (κ3) is 4.75. The lowest BCUT2D eigenvalue weighted by molar-refractivity contribution is -0.133. The molecule has 94 valence electrons. The van der Waals surface area contributed by atoms with Gasteiger partial charge in [0.25, 0.3) is 0 Å². The third-order valence-corrected chi connectivity index (χ3v) is 3.33. The molecule has 0 fully saturated rings. The molecule has 0 atom stereocenters. The van der Waals surface area contributed by atoms with Crippen LogP contribution in [-0.2, 0) is 16.1 Å². The van der Waals surface area contributed by atoms with Crippen molar-refractivity contribution in [3.8, 4) is 0 Å². The van der Waals surface area contributed by atoms with Crippen molar-refractivity contribution < 1.29 is 9.59 Å². The van der Waals surface area contributed by atoms with Gasteiger partial charge in [-0.25, -0.2) is 0 Å². The highest BCUT2D eigenvalue weighted by molar-refractivity contribution is 7.09. The van der Waals surface area contributed by atoms with Crippen LogP contribution in [0.2, 0.25) is 0 Å². The molecule has 1 rings (SSSR count). The van der Waals surface area contributed by atoms with Crippen LogP contribution in [0.3, 0.4) is 0 Å². The van der Waals surface area contributed by atoms with Gasteiger partial charge < -0.3 is 10.2 Å². The highest BCUT2D eigenvalue weighted by Gasteiger charge is 2.13. The lowest BCUT2D eigenvalue weighted by Crippen LogP contribution is -2.40. The van der Waals surface area contributed by atoms with Crippen molar-refractivity contribution in [2.75, 3.05) is 19.0 Å². The fourth-order valence-corrected chi connectivity index (χ4v) is 2.10. The van der Waals surface area contributed by atoms with Crippen molar-refractivity contribution in [2.45, 2.75) is 13.5 Å². The summed E-state index contributed by atoms with van der Waals surface area (Å²) in [6.45, 7) is 2.87. The van der Waals surface area contributed by atoms with E-state index in [2.05, 4.69) is 5.32 Å². The van der Waals surface area contributed by atoms with E-state index in [-0.39, 0.29) is 24.2 Å². The molecule has 1 N–H and O–H groups in total. The number of halogens is 1. The zero-order valence-electron chi connectivity index (χ0n) is 9.61. The first kappa shape index (κ1) is 14.0. The number of amides is 2. The molecule has 0 aliphatic heterocycles. The zero-order valence-corrected chi connectivity index (χ0v) is 11.2. The van der Waals surface area contributed by atoms with Gasteiger partial charge in [0.1, 0.15) is 5.88 Å². The van der Waals surface area contributed by atoms with E-state index in [0.29, 0.717) is 13.1 Å². The Morgan fingerprint density at radius 1 is 1.53 bits per heavy atom. The zero-order chi connectivity index (χ0) is 12.7. The van der Waals surface area contributed by atoms with Crippen molar-refractivity contribution >= 4 is 34.8 Å². The van der Waals surface area contributed by atoms with E-state index in [1.807, 2.05) is 24.4 Å². The smallest absolute Gasteiger partial charge is 0.239 e. The minimum Gasteiger partial charge on any atom is -0.350 e. The second-order valence-electron chi connectivity index (χ2n) is 3.40. The van der Waals surface area contributed by atoms with Crippen molar-refractivity contribution in [3.63, 3.8) is 0 Å². The summed E-state index contributed by atoms with van der Waals surface area (Å²) in [6.07, 6.45) is 0. The van der Waals surface area contributed by atoms with E-state index >= 15 is 0 Å². The summed E-state index contributed by atoms with van der Waals surface area (Å²) >= 11 is 7.03. The summed E-state index contributed by atoms with van der Waals surface area (Å²) in [5.74, 6) is -0.481. The van der Waals surface area contributed by atoms with Gasteiger partial charge in [-0.1, -0.05) is 6.07 Å². The molecule has 1 aromatic heterocycles. The van der Waals surface area contributed by atoms with Crippen LogP contribution in [0.4, 0.5) is 0 Å². The maximum atomic E-state index is 11.6. The number of carbonyl (C=O) groups is 2. The summed E-state index contributed by atoms with van der Waals surface area (Å²) in [7, 11) is 0. The quantitative estimate of drug-likeness (QED) is 0.799. The van der Waals surface area contributed by atoms with Crippen LogP contribution in [0.1, 0.15) is 11.8 Å². The summed E-state index contributed by atoms with van der Waals surface area (Å²) in [5, 5.41) is 4.72. The van der Waals surface area contributed by atoms with Crippen LogP contribution in [-0.4, -0.2) is 35.7 Å². The molecule has 0 unspecified atom stereocenters. The Labute approximate surface area is 110 Å². The van der Waals surface area contributed by atoms with Crippen LogP contribution in [0.25, 0.3) is 0 Å². The van der Waals surface area contributed by atoms with Gasteiger partial charge in [-0.2, -0.15) is 0 Å². The maximum absolute atomic E-state index is 11.6. The van der Waals surface area contributed by atoms with E-state index in [1.165, 1.54) is 4.90 Å². The number of nitrogens with zero attached hydrogens (tertiary/aromatic N) is 1. The monoisotopic (exact) mass is 274 g/mol. The molecule has 0 aliphatic rings. The van der Waals surface area contributed by atoms with Crippen LogP contribution in [0.15, 0.2) is 17.5 Å². The standard InChI is InChI=1S/C11H15ClN2O2S/c1-2-14(11(16)6-12)8-10(15)13-7-9-4-3-5-17-9/h3-5H,2,6-8H2,1H3,(H,13,15). The Kier molecular flexibility index (Phi) is 6.00. The molecule has 0 aliphatic carbocycles. The minimum atomic E-state index is -0.222. The number of alkyl halides is 1. The Bertz CT molecular complexity index is 368. The fraction of sp³-hybridized carbons (Fsp3) is 0.455. The lowest BCUT2D eigenvalue weighted by atomic mass is 10.4. The van der Waals surface area contributed by atoms with Crippen LogP contribution >= 0.6 is 22.9 Å². The van der Waals surface area contributed by atoms with Crippen molar-refractivity contribution in [3.05, 3.63) is 22.4 Å².